The lowest BCUT2D eigenvalue weighted by Gasteiger charge is -2.28. The Hall–Kier alpha value is -3.90. The molecule has 6 nitrogen and oxygen atoms in total. The Morgan fingerprint density at radius 3 is 2.62 bits per heavy atom. The number of aliphatic imine (C=N–C) groups is 1. The molecule has 1 amide bonds. The number of fused-ring (bicyclic) bond motifs is 1. The third-order valence-corrected chi connectivity index (χ3v) is 6.01. The minimum Gasteiger partial charge on any atom is -0.378 e. The zero-order valence-corrected chi connectivity index (χ0v) is 19.3. The summed E-state index contributed by atoms with van der Waals surface area (Å²) in [7, 11) is 0. The number of morpholine rings is 1. The van der Waals surface area contributed by atoms with Crippen molar-refractivity contribution in [3.8, 4) is 0 Å². The molecule has 1 aromatic heterocycles. The van der Waals surface area contributed by atoms with Gasteiger partial charge in [0.1, 0.15) is 6.54 Å². The Bertz CT molecular complexity index is 1320. The van der Waals surface area contributed by atoms with E-state index in [0.717, 1.165) is 59.7 Å². The number of carbonyl (C=O) groups is 1. The maximum atomic E-state index is 12.7. The van der Waals surface area contributed by atoms with Crippen molar-refractivity contribution in [3.05, 3.63) is 90.1 Å². The average molecular weight is 453 g/mol. The van der Waals surface area contributed by atoms with Crippen molar-refractivity contribution in [2.75, 3.05) is 36.5 Å². The van der Waals surface area contributed by atoms with Crippen molar-refractivity contribution < 1.29 is 9.53 Å². The lowest BCUT2D eigenvalue weighted by atomic mass is 10.2. The standard InChI is InChI=1S/C28H28N4O2/c1-21-5-4-6-24(17-21)30-28(33)20-32-19-22(26-7-2-3-8-27(26)32)18-29-23-9-11-25(12-10-23)31-13-15-34-16-14-31/h2-12,17-19H,13-16,20H2,1H3,(H,30,33). The Labute approximate surface area is 199 Å². The first kappa shape index (κ1) is 21.9. The molecule has 0 atom stereocenters. The van der Waals surface area contributed by atoms with Gasteiger partial charge in [0.05, 0.1) is 18.9 Å². The number of para-hydroxylation sites is 1. The number of nitrogens with one attached hydrogen (secondary N) is 1. The molecule has 1 fully saturated rings. The van der Waals surface area contributed by atoms with Gasteiger partial charge in [0.25, 0.3) is 0 Å². The summed E-state index contributed by atoms with van der Waals surface area (Å²) in [5.74, 6) is -0.0615. The number of anilines is 2. The van der Waals surface area contributed by atoms with Crippen LogP contribution in [0.5, 0.6) is 0 Å². The van der Waals surface area contributed by atoms with E-state index in [2.05, 4.69) is 28.4 Å². The Morgan fingerprint density at radius 1 is 1.03 bits per heavy atom. The highest BCUT2D eigenvalue weighted by molar-refractivity contribution is 6.01. The number of hydrogen-bond acceptors (Lipinski definition) is 4. The molecule has 0 spiro atoms. The molecular weight excluding hydrogens is 424 g/mol. The van der Waals surface area contributed by atoms with Gasteiger partial charge < -0.3 is 19.5 Å². The van der Waals surface area contributed by atoms with Gasteiger partial charge in [-0.1, -0.05) is 30.3 Å². The van der Waals surface area contributed by atoms with Crippen LogP contribution in [0.1, 0.15) is 11.1 Å². The summed E-state index contributed by atoms with van der Waals surface area (Å²) >= 11 is 0. The van der Waals surface area contributed by atoms with Crippen molar-refractivity contribution in [2.45, 2.75) is 13.5 Å². The fraction of sp³-hybridized carbons (Fsp3) is 0.214. The highest BCUT2D eigenvalue weighted by Crippen LogP contribution is 2.23. The van der Waals surface area contributed by atoms with Crippen LogP contribution < -0.4 is 10.2 Å². The largest absolute Gasteiger partial charge is 0.378 e. The number of benzene rings is 3. The number of amides is 1. The first-order chi connectivity index (χ1) is 16.7. The van der Waals surface area contributed by atoms with Gasteiger partial charge in [-0.25, -0.2) is 0 Å². The summed E-state index contributed by atoms with van der Waals surface area (Å²) in [6.45, 7) is 5.62. The SMILES string of the molecule is Cc1cccc(NC(=O)Cn2cc(C=Nc3ccc(N4CCOCC4)cc3)c3ccccc32)c1. The van der Waals surface area contributed by atoms with E-state index in [0.29, 0.717) is 0 Å². The van der Waals surface area contributed by atoms with Crippen LogP contribution in [0.2, 0.25) is 0 Å². The molecule has 1 N–H and O–H groups in total. The van der Waals surface area contributed by atoms with Gasteiger partial charge in [-0.05, 0) is 55.0 Å². The quantitative estimate of drug-likeness (QED) is 0.410. The number of nitrogens with zero attached hydrogens (tertiary/aromatic N) is 3. The molecule has 0 aliphatic carbocycles. The lowest BCUT2D eigenvalue weighted by Crippen LogP contribution is -2.36. The minimum absolute atomic E-state index is 0.0615. The summed E-state index contributed by atoms with van der Waals surface area (Å²) in [4.78, 5) is 19.7. The molecule has 1 aliphatic rings. The molecule has 6 heteroatoms. The number of hydrogen-bond donors (Lipinski definition) is 1. The van der Waals surface area contributed by atoms with Crippen molar-refractivity contribution in [3.63, 3.8) is 0 Å². The first-order valence-corrected chi connectivity index (χ1v) is 11.6. The molecule has 5 rings (SSSR count). The summed E-state index contributed by atoms with van der Waals surface area (Å²) in [5.41, 5.74) is 6.00. The normalized spacial score (nSPS) is 14.1. The smallest absolute Gasteiger partial charge is 0.244 e. The second-order valence-electron chi connectivity index (χ2n) is 8.52. The third-order valence-electron chi connectivity index (χ3n) is 6.01. The second-order valence-corrected chi connectivity index (χ2v) is 8.52. The fourth-order valence-electron chi connectivity index (χ4n) is 4.30. The summed E-state index contributed by atoms with van der Waals surface area (Å²) < 4.78 is 7.41. The molecule has 1 saturated heterocycles. The zero-order chi connectivity index (χ0) is 23.3. The van der Waals surface area contributed by atoms with E-state index in [1.54, 1.807) is 0 Å². The molecule has 3 aromatic carbocycles. The molecule has 0 radical (unpaired) electrons. The van der Waals surface area contributed by atoms with Gasteiger partial charge in [0.2, 0.25) is 5.91 Å². The molecule has 172 valence electrons. The van der Waals surface area contributed by atoms with Crippen LogP contribution in [-0.2, 0) is 16.1 Å². The summed E-state index contributed by atoms with van der Waals surface area (Å²) in [5, 5.41) is 4.06. The number of aromatic nitrogens is 1. The third kappa shape index (κ3) is 5.02. The van der Waals surface area contributed by atoms with Crippen LogP contribution in [0.25, 0.3) is 10.9 Å². The van der Waals surface area contributed by atoms with E-state index >= 15 is 0 Å². The predicted molar refractivity (Wildman–Crippen MR) is 138 cm³/mol. The maximum Gasteiger partial charge on any atom is 0.244 e. The number of aryl methyl sites for hydroxylation is 1. The van der Waals surface area contributed by atoms with Crippen molar-refractivity contribution in [1.82, 2.24) is 4.57 Å². The Kier molecular flexibility index (Phi) is 6.40. The van der Waals surface area contributed by atoms with Gasteiger partial charge in [-0.3, -0.25) is 9.79 Å². The van der Waals surface area contributed by atoms with Gasteiger partial charge in [0, 0.05) is 53.3 Å². The molecular formula is C28H28N4O2. The molecule has 4 aromatic rings. The minimum atomic E-state index is -0.0615. The second kappa shape index (κ2) is 9.93. The topological polar surface area (TPSA) is 58.9 Å². The molecule has 34 heavy (non-hydrogen) atoms. The lowest BCUT2D eigenvalue weighted by molar-refractivity contribution is -0.116. The van der Waals surface area contributed by atoms with Gasteiger partial charge in [0.15, 0.2) is 0 Å². The highest BCUT2D eigenvalue weighted by Gasteiger charge is 2.12. The van der Waals surface area contributed by atoms with Crippen molar-refractivity contribution in [1.29, 1.82) is 0 Å². The first-order valence-electron chi connectivity index (χ1n) is 11.6. The molecule has 0 unspecified atom stereocenters. The van der Waals surface area contributed by atoms with E-state index in [4.69, 9.17) is 9.73 Å². The Morgan fingerprint density at radius 2 is 1.82 bits per heavy atom. The Balaban J connectivity index is 1.33. The van der Waals surface area contributed by atoms with Crippen molar-refractivity contribution in [2.24, 2.45) is 4.99 Å². The zero-order valence-electron chi connectivity index (χ0n) is 19.3. The summed E-state index contributed by atoms with van der Waals surface area (Å²) in [6.07, 6.45) is 3.87. The van der Waals surface area contributed by atoms with Crippen LogP contribution in [0.15, 0.2) is 84.0 Å². The fourth-order valence-corrected chi connectivity index (χ4v) is 4.30. The number of carbonyl (C=O) groups excluding carboxylic acids is 1. The molecule has 2 heterocycles. The van der Waals surface area contributed by atoms with E-state index in [9.17, 15) is 4.79 Å². The number of ether oxygens (including phenoxy) is 1. The van der Waals surface area contributed by atoms with Crippen LogP contribution in [-0.4, -0.2) is 43.0 Å². The van der Waals surface area contributed by atoms with Gasteiger partial charge in [-0.15, -0.1) is 0 Å². The van der Waals surface area contributed by atoms with E-state index < -0.39 is 0 Å². The number of rotatable bonds is 6. The summed E-state index contributed by atoms with van der Waals surface area (Å²) in [6, 6.07) is 24.2. The molecule has 0 bridgehead atoms. The van der Waals surface area contributed by atoms with Crippen molar-refractivity contribution >= 4 is 40.1 Å². The highest BCUT2D eigenvalue weighted by atomic mass is 16.5. The van der Waals surface area contributed by atoms with Gasteiger partial charge >= 0.3 is 0 Å². The van der Waals surface area contributed by atoms with Crippen LogP contribution in [0.3, 0.4) is 0 Å². The monoisotopic (exact) mass is 452 g/mol. The average Bonchev–Trinajstić information content (AvgIpc) is 3.21. The van der Waals surface area contributed by atoms with Crippen LogP contribution in [0, 0.1) is 6.92 Å². The molecule has 0 saturated carbocycles. The van der Waals surface area contributed by atoms with Crippen LogP contribution >= 0.6 is 0 Å². The van der Waals surface area contributed by atoms with Gasteiger partial charge in [-0.2, -0.15) is 0 Å². The van der Waals surface area contributed by atoms with E-state index in [1.165, 1.54) is 5.69 Å². The van der Waals surface area contributed by atoms with E-state index in [-0.39, 0.29) is 12.5 Å². The predicted octanol–water partition coefficient (Wildman–Crippen LogP) is 5.18. The van der Waals surface area contributed by atoms with Crippen LogP contribution in [0.4, 0.5) is 17.1 Å². The maximum absolute atomic E-state index is 12.7. The molecule has 1 aliphatic heterocycles. The van der Waals surface area contributed by atoms with E-state index in [1.807, 2.05) is 78.5 Å².